The van der Waals surface area contributed by atoms with Crippen LogP contribution in [0.5, 0.6) is 0 Å². The van der Waals surface area contributed by atoms with Crippen LogP contribution in [0.1, 0.15) is 271 Å². The van der Waals surface area contributed by atoms with E-state index in [-0.39, 0.29) is 31.1 Å². The summed E-state index contributed by atoms with van der Waals surface area (Å²) in [5, 5.41) is 0. The molecule has 6 heteroatoms. The molecule has 0 heterocycles. The number of ether oxygens (including phenoxy) is 3. The maximum absolute atomic E-state index is 12.8. The second-order valence-corrected chi connectivity index (χ2v) is 19.2. The molecule has 0 spiro atoms. The van der Waals surface area contributed by atoms with Gasteiger partial charge in [-0.15, -0.1) is 0 Å². The van der Waals surface area contributed by atoms with Crippen LogP contribution in [0.4, 0.5) is 0 Å². The van der Waals surface area contributed by atoms with E-state index in [1.54, 1.807) is 0 Å². The summed E-state index contributed by atoms with van der Waals surface area (Å²) in [5.41, 5.74) is 0. The molecule has 0 N–H and O–H groups in total. The van der Waals surface area contributed by atoms with E-state index >= 15 is 0 Å². The second-order valence-electron chi connectivity index (χ2n) is 19.2. The number of hydrogen-bond acceptors (Lipinski definition) is 6. The molecule has 1 unspecified atom stereocenters. The Morgan fingerprint density at radius 2 is 0.557 bits per heavy atom. The van der Waals surface area contributed by atoms with Crippen LogP contribution in [0.15, 0.2) is 97.2 Å². The SMILES string of the molecule is CC/C=C\C/C=C\C/C=C\C/C=C\C/C=C\C/C=C\C/C=C\CCCCCC(=O)OCC(COC(=O)CCCCCCCCCCCCC)OC(=O)CCCCCCC/C=C\CCCCCCCCC. The summed E-state index contributed by atoms with van der Waals surface area (Å²) in [4.78, 5) is 38.1. The first-order valence-corrected chi connectivity index (χ1v) is 29.2. The minimum Gasteiger partial charge on any atom is -0.462 e. The highest BCUT2D eigenvalue weighted by molar-refractivity contribution is 5.71. The van der Waals surface area contributed by atoms with E-state index in [4.69, 9.17) is 14.2 Å². The van der Waals surface area contributed by atoms with Crippen molar-refractivity contribution in [3.05, 3.63) is 97.2 Å². The summed E-state index contributed by atoms with van der Waals surface area (Å²) in [6.45, 7) is 6.49. The van der Waals surface area contributed by atoms with E-state index in [1.165, 1.54) is 109 Å². The predicted molar refractivity (Wildman–Crippen MR) is 302 cm³/mol. The van der Waals surface area contributed by atoms with Crippen LogP contribution in [0, 0.1) is 0 Å². The minimum atomic E-state index is -0.795. The van der Waals surface area contributed by atoms with Crippen LogP contribution in [0.2, 0.25) is 0 Å². The van der Waals surface area contributed by atoms with Crippen LogP contribution in [-0.2, 0) is 28.6 Å². The lowest BCUT2D eigenvalue weighted by molar-refractivity contribution is -0.167. The van der Waals surface area contributed by atoms with Crippen molar-refractivity contribution in [3.63, 3.8) is 0 Å². The average molecular weight is 974 g/mol. The lowest BCUT2D eigenvalue weighted by atomic mass is 10.1. The fraction of sp³-hybridized carbons (Fsp3) is 0.703. The Morgan fingerprint density at radius 3 is 0.900 bits per heavy atom. The topological polar surface area (TPSA) is 78.9 Å². The van der Waals surface area contributed by atoms with Crippen molar-refractivity contribution in [1.82, 2.24) is 0 Å². The van der Waals surface area contributed by atoms with Crippen molar-refractivity contribution in [2.45, 2.75) is 277 Å². The summed E-state index contributed by atoms with van der Waals surface area (Å²) in [5.74, 6) is -0.929. The third kappa shape index (κ3) is 55.3. The zero-order valence-corrected chi connectivity index (χ0v) is 45.8. The zero-order valence-electron chi connectivity index (χ0n) is 45.8. The molecule has 6 nitrogen and oxygen atoms in total. The maximum atomic E-state index is 12.8. The minimum absolute atomic E-state index is 0.0900. The van der Waals surface area contributed by atoms with Gasteiger partial charge in [-0.2, -0.15) is 0 Å². The highest BCUT2D eigenvalue weighted by Gasteiger charge is 2.19. The summed E-state index contributed by atoms with van der Waals surface area (Å²) in [6.07, 6.45) is 76.8. The van der Waals surface area contributed by atoms with Gasteiger partial charge in [0.05, 0.1) is 0 Å². The van der Waals surface area contributed by atoms with Crippen molar-refractivity contribution in [2.24, 2.45) is 0 Å². The smallest absolute Gasteiger partial charge is 0.306 e. The number of carbonyl (C=O) groups is 3. The molecule has 0 aliphatic carbocycles. The lowest BCUT2D eigenvalue weighted by Crippen LogP contribution is -2.30. The molecular weight excluding hydrogens is 865 g/mol. The summed E-state index contributed by atoms with van der Waals surface area (Å²) >= 11 is 0. The largest absolute Gasteiger partial charge is 0.462 e. The molecule has 0 radical (unpaired) electrons. The average Bonchev–Trinajstić information content (AvgIpc) is 3.36. The first-order chi connectivity index (χ1) is 34.5. The fourth-order valence-corrected chi connectivity index (χ4v) is 7.95. The van der Waals surface area contributed by atoms with Crippen LogP contribution >= 0.6 is 0 Å². The molecule has 0 aromatic carbocycles. The third-order valence-corrected chi connectivity index (χ3v) is 12.3. The molecule has 0 fully saturated rings. The van der Waals surface area contributed by atoms with Gasteiger partial charge in [-0.05, 0) is 103 Å². The van der Waals surface area contributed by atoms with Gasteiger partial charge < -0.3 is 14.2 Å². The van der Waals surface area contributed by atoms with Gasteiger partial charge in [0.2, 0.25) is 0 Å². The fourth-order valence-electron chi connectivity index (χ4n) is 7.95. The van der Waals surface area contributed by atoms with Crippen LogP contribution in [0.25, 0.3) is 0 Å². The van der Waals surface area contributed by atoms with E-state index in [0.29, 0.717) is 19.3 Å². The zero-order chi connectivity index (χ0) is 50.7. The van der Waals surface area contributed by atoms with Gasteiger partial charge in [-0.3, -0.25) is 14.4 Å². The van der Waals surface area contributed by atoms with E-state index in [9.17, 15) is 14.4 Å². The molecule has 0 amide bonds. The Labute approximate surface area is 432 Å². The Bertz CT molecular complexity index is 1400. The second kappa shape index (κ2) is 57.9. The van der Waals surface area contributed by atoms with Crippen molar-refractivity contribution in [2.75, 3.05) is 13.2 Å². The monoisotopic (exact) mass is 973 g/mol. The predicted octanol–water partition coefficient (Wildman–Crippen LogP) is 19.7. The molecule has 0 aromatic rings. The Morgan fingerprint density at radius 1 is 0.300 bits per heavy atom. The summed E-state index contributed by atoms with van der Waals surface area (Å²) < 4.78 is 16.8. The number of carbonyl (C=O) groups excluding carboxylic acids is 3. The number of unbranched alkanes of at least 4 members (excludes halogenated alkanes) is 25. The van der Waals surface area contributed by atoms with Crippen LogP contribution in [-0.4, -0.2) is 37.2 Å². The highest BCUT2D eigenvalue weighted by Crippen LogP contribution is 2.15. The Hall–Kier alpha value is -3.67. The number of hydrogen-bond donors (Lipinski definition) is 0. The molecule has 0 aliphatic rings. The van der Waals surface area contributed by atoms with Gasteiger partial charge in [0.25, 0.3) is 0 Å². The van der Waals surface area contributed by atoms with E-state index in [1.807, 2.05) is 0 Å². The molecule has 0 saturated carbocycles. The third-order valence-electron chi connectivity index (χ3n) is 12.3. The summed E-state index contributed by atoms with van der Waals surface area (Å²) in [7, 11) is 0. The maximum Gasteiger partial charge on any atom is 0.306 e. The normalized spacial score (nSPS) is 12.8. The van der Waals surface area contributed by atoms with Crippen LogP contribution in [0.3, 0.4) is 0 Å². The van der Waals surface area contributed by atoms with E-state index < -0.39 is 6.10 Å². The van der Waals surface area contributed by atoms with Crippen molar-refractivity contribution < 1.29 is 28.6 Å². The molecular formula is C64H108O6. The molecule has 1 atom stereocenters. The van der Waals surface area contributed by atoms with Crippen molar-refractivity contribution >= 4 is 17.9 Å². The molecule has 0 rings (SSSR count). The quantitative estimate of drug-likeness (QED) is 0.0262. The number of allylic oxidation sites excluding steroid dienone is 16. The van der Waals surface area contributed by atoms with Gasteiger partial charge in [0.1, 0.15) is 13.2 Å². The van der Waals surface area contributed by atoms with Gasteiger partial charge in [0, 0.05) is 19.3 Å². The number of rotatable bonds is 52. The highest BCUT2D eigenvalue weighted by atomic mass is 16.6. The number of esters is 3. The Kier molecular flexibility index (Phi) is 54.9. The molecule has 400 valence electrons. The van der Waals surface area contributed by atoms with E-state index in [0.717, 1.165) is 122 Å². The van der Waals surface area contributed by atoms with Gasteiger partial charge in [0.15, 0.2) is 6.10 Å². The summed E-state index contributed by atoms with van der Waals surface area (Å²) in [6, 6.07) is 0. The first-order valence-electron chi connectivity index (χ1n) is 29.2. The standard InChI is InChI=1S/C64H108O6/c1-4-7-10-13-16-19-22-24-26-28-29-30-31-32-33-34-35-36-38-39-42-45-48-51-54-57-63(66)69-60-61(59-68-62(65)56-53-50-47-44-41-21-18-15-12-9-6-3)70-64(67)58-55-52-49-46-43-40-37-27-25-23-20-17-14-11-8-5-2/h7,10,16,19,24,26-27,29-30,32-33,35-37,39,42,61H,4-6,8-9,11-15,17-18,20-23,25,28,31,34,38,40-41,43-60H2,1-3H3/b10-7-,19-16-,26-24-,30-29-,33-32-,36-35-,37-27-,42-39-. The van der Waals surface area contributed by atoms with Gasteiger partial charge in [-0.1, -0.05) is 246 Å². The first kappa shape index (κ1) is 66.3. The molecule has 70 heavy (non-hydrogen) atoms. The van der Waals surface area contributed by atoms with Crippen LogP contribution < -0.4 is 0 Å². The van der Waals surface area contributed by atoms with Gasteiger partial charge in [-0.25, -0.2) is 0 Å². The molecule has 0 bridgehead atoms. The van der Waals surface area contributed by atoms with Gasteiger partial charge >= 0.3 is 17.9 Å². The molecule has 0 aromatic heterocycles. The van der Waals surface area contributed by atoms with Crippen molar-refractivity contribution in [3.8, 4) is 0 Å². The Balaban J connectivity index is 4.39. The molecule has 0 saturated heterocycles. The van der Waals surface area contributed by atoms with E-state index in [2.05, 4.69) is 118 Å². The lowest BCUT2D eigenvalue weighted by Gasteiger charge is -2.18. The molecule has 0 aliphatic heterocycles. The van der Waals surface area contributed by atoms with Crippen molar-refractivity contribution in [1.29, 1.82) is 0 Å².